The fourth-order valence-corrected chi connectivity index (χ4v) is 1.81. The maximum absolute atomic E-state index is 8.82. The predicted molar refractivity (Wildman–Crippen MR) is 61.4 cm³/mol. The van der Waals surface area contributed by atoms with Crippen LogP contribution >= 0.6 is 0 Å². The second-order valence-electron chi connectivity index (χ2n) is 5.30. The van der Waals surface area contributed by atoms with Gasteiger partial charge in [0.05, 0.1) is 11.5 Å². The van der Waals surface area contributed by atoms with Crippen LogP contribution in [0.25, 0.3) is 0 Å². The van der Waals surface area contributed by atoms with Gasteiger partial charge in [-0.05, 0) is 39.0 Å². The van der Waals surface area contributed by atoms with Crippen molar-refractivity contribution >= 4 is 0 Å². The average Bonchev–Trinajstić information content (AvgIpc) is 2.13. The van der Waals surface area contributed by atoms with Gasteiger partial charge in [-0.2, -0.15) is 5.26 Å². The Kier molecular flexibility index (Phi) is 5.11. The number of nitrogens with zero attached hydrogens (tertiary/aromatic N) is 1. The van der Waals surface area contributed by atoms with Crippen LogP contribution in [0.15, 0.2) is 0 Å². The maximum atomic E-state index is 8.82. The molecule has 0 N–H and O–H groups in total. The van der Waals surface area contributed by atoms with Gasteiger partial charge in [-0.3, -0.25) is 0 Å². The molecule has 1 rings (SSSR count). The number of rotatable bonds is 7. The van der Waals surface area contributed by atoms with Gasteiger partial charge < -0.3 is 4.74 Å². The van der Waals surface area contributed by atoms with Crippen molar-refractivity contribution in [2.45, 2.75) is 52.4 Å². The molecule has 15 heavy (non-hydrogen) atoms. The lowest BCUT2D eigenvalue weighted by Crippen LogP contribution is -2.14. The first-order valence-electron chi connectivity index (χ1n) is 6.13. The molecule has 0 radical (unpaired) electrons. The number of hydrogen-bond donors (Lipinski definition) is 0. The van der Waals surface area contributed by atoms with Gasteiger partial charge in [0.2, 0.25) is 0 Å². The minimum absolute atomic E-state index is 0.183. The molecule has 0 saturated heterocycles. The molecule has 2 heteroatoms. The molecule has 86 valence electrons. The lowest BCUT2D eigenvalue weighted by atomic mass is 9.83. The number of ether oxygens (including phenoxy) is 1. The third kappa shape index (κ3) is 5.18. The van der Waals surface area contributed by atoms with E-state index in [0.717, 1.165) is 32.0 Å². The fraction of sp³-hybridized carbons (Fsp3) is 0.923. The first-order chi connectivity index (χ1) is 7.14. The molecule has 0 heterocycles. The SMILES string of the molecule is CC(C)(C#N)CCCOCCC1CCC1. The molecule has 0 spiro atoms. The van der Waals surface area contributed by atoms with Crippen molar-refractivity contribution in [2.75, 3.05) is 13.2 Å². The number of hydrogen-bond acceptors (Lipinski definition) is 2. The second-order valence-corrected chi connectivity index (χ2v) is 5.30. The maximum Gasteiger partial charge on any atom is 0.0683 e. The second kappa shape index (κ2) is 6.12. The summed E-state index contributed by atoms with van der Waals surface area (Å²) >= 11 is 0. The summed E-state index contributed by atoms with van der Waals surface area (Å²) in [5.41, 5.74) is -0.183. The zero-order chi connectivity index (χ0) is 11.1. The summed E-state index contributed by atoms with van der Waals surface area (Å²) in [7, 11) is 0. The molecule has 0 aliphatic heterocycles. The van der Waals surface area contributed by atoms with Crippen LogP contribution in [0, 0.1) is 22.7 Å². The highest BCUT2D eigenvalue weighted by Gasteiger charge is 2.17. The highest BCUT2D eigenvalue weighted by Crippen LogP contribution is 2.29. The molecule has 0 atom stereocenters. The Morgan fingerprint density at radius 1 is 1.33 bits per heavy atom. The molecule has 1 aliphatic rings. The Balaban J connectivity index is 1.86. The van der Waals surface area contributed by atoms with Crippen molar-refractivity contribution in [3.05, 3.63) is 0 Å². The van der Waals surface area contributed by atoms with E-state index < -0.39 is 0 Å². The molecule has 0 amide bonds. The van der Waals surface area contributed by atoms with E-state index >= 15 is 0 Å². The summed E-state index contributed by atoms with van der Waals surface area (Å²) in [6.07, 6.45) is 7.41. The van der Waals surface area contributed by atoms with Crippen LogP contribution in [0.4, 0.5) is 0 Å². The summed E-state index contributed by atoms with van der Waals surface area (Å²) in [5, 5.41) is 8.82. The number of nitriles is 1. The Labute approximate surface area is 93.6 Å². The highest BCUT2D eigenvalue weighted by atomic mass is 16.5. The van der Waals surface area contributed by atoms with Crippen molar-refractivity contribution in [1.82, 2.24) is 0 Å². The molecule has 1 fully saturated rings. The van der Waals surface area contributed by atoms with Crippen LogP contribution in [0.5, 0.6) is 0 Å². The molecule has 1 aliphatic carbocycles. The molecule has 0 unspecified atom stereocenters. The van der Waals surface area contributed by atoms with Gasteiger partial charge in [-0.15, -0.1) is 0 Å². The molecule has 2 nitrogen and oxygen atoms in total. The standard InChI is InChI=1S/C13H23NO/c1-13(2,11-14)8-4-9-15-10-7-12-5-3-6-12/h12H,3-10H2,1-2H3. The molecular formula is C13H23NO. The molecule has 0 aromatic heterocycles. The highest BCUT2D eigenvalue weighted by molar-refractivity contribution is 4.91. The van der Waals surface area contributed by atoms with Gasteiger partial charge in [-0.1, -0.05) is 19.3 Å². The lowest BCUT2D eigenvalue weighted by Gasteiger charge is -2.25. The van der Waals surface area contributed by atoms with Crippen molar-refractivity contribution in [2.24, 2.45) is 11.3 Å². The Hall–Kier alpha value is -0.550. The van der Waals surface area contributed by atoms with Gasteiger partial charge >= 0.3 is 0 Å². The molecule has 0 aromatic carbocycles. The zero-order valence-electron chi connectivity index (χ0n) is 10.1. The Bertz CT molecular complexity index is 213. The molecular weight excluding hydrogens is 186 g/mol. The minimum atomic E-state index is -0.183. The van der Waals surface area contributed by atoms with Crippen LogP contribution in [0.2, 0.25) is 0 Å². The summed E-state index contributed by atoms with van der Waals surface area (Å²) in [6, 6.07) is 2.31. The van der Waals surface area contributed by atoms with Crippen LogP contribution in [-0.4, -0.2) is 13.2 Å². The first kappa shape index (κ1) is 12.5. The van der Waals surface area contributed by atoms with Gasteiger partial charge in [0, 0.05) is 13.2 Å². The van der Waals surface area contributed by atoms with Gasteiger partial charge in [-0.25, -0.2) is 0 Å². The van der Waals surface area contributed by atoms with Crippen LogP contribution < -0.4 is 0 Å². The molecule has 0 aromatic rings. The predicted octanol–water partition coefficient (Wildman–Crippen LogP) is 3.52. The monoisotopic (exact) mass is 209 g/mol. The van der Waals surface area contributed by atoms with Crippen molar-refractivity contribution in [3.8, 4) is 6.07 Å². The van der Waals surface area contributed by atoms with Gasteiger partial charge in [0.15, 0.2) is 0 Å². The normalized spacial score (nSPS) is 17.1. The third-order valence-electron chi connectivity index (χ3n) is 3.29. The fourth-order valence-electron chi connectivity index (χ4n) is 1.81. The van der Waals surface area contributed by atoms with Crippen LogP contribution in [-0.2, 0) is 4.74 Å². The Morgan fingerprint density at radius 3 is 2.60 bits per heavy atom. The van der Waals surface area contributed by atoms with Gasteiger partial charge in [0.1, 0.15) is 0 Å². The average molecular weight is 209 g/mol. The van der Waals surface area contributed by atoms with E-state index in [0.29, 0.717) is 0 Å². The van der Waals surface area contributed by atoms with E-state index in [9.17, 15) is 0 Å². The van der Waals surface area contributed by atoms with Crippen molar-refractivity contribution < 1.29 is 4.74 Å². The minimum Gasteiger partial charge on any atom is -0.381 e. The van der Waals surface area contributed by atoms with Crippen LogP contribution in [0.3, 0.4) is 0 Å². The third-order valence-corrected chi connectivity index (χ3v) is 3.29. The molecule has 1 saturated carbocycles. The lowest BCUT2D eigenvalue weighted by molar-refractivity contribution is 0.0998. The zero-order valence-corrected chi connectivity index (χ0v) is 10.1. The van der Waals surface area contributed by atoms with Crippen LogP contribution in [0.1, 0.15) is 52.4 Å². The Morgan fingerprint density at radius 2 is 2.07 bits per heavy atom. The van der Waals surface area contributed by atoms with E-state index in [1.807, 2.05) is 13.8 Å². The van der Waals surface area contributed by atoms with E-state index in [2.05, 4.69) is 6.07 Å². The molecule has 0 bridgehead atoms. The van der Waals surface area contributed by atoms with Gasteiger partial charge in [0.25, 0.3) is 0 Å². The van der Waals surface area contributed by atoms with E-state index in [1.165, 1.54) is 25.7 Å². The topological polar surface area (TPSA) is 33.0 Å². The quantitative estimate of drug-likeness (QED) is 0.601. The van der Waals surface area contributed by atoms with Crippen molar-refractivity contribution in [1.29, 1.82) is 5.26 Å². The summed E-state index contributed by atoms with van der Waals surface area (Å²) in [4.78, 5) is 0. The largest absolute Gasteiger partial charge is 0.381 e. The van der Waals surface area contributed by atoms with E-state index in [-0.39, 0.29) is 5.41 Å². The van der Waals surface area contributed by atoms with E-state index in [4.69, 9.17) is 10.00 Å². The van der Waals surface area contributed by atoms with E-state index in [1.54, 1.807) is 0 Å². The smallest absolute Gasteiger partial charge is 0.0683 e. The summed E-state index contributed by atoms with van der Waals surface area (Å²) < 4.78 is 5.57. The van der Waals surface area contributed by atoms with Crippen molar-refractivity contribution in [3.63, 3.8) is 0 Å². The summed E-state index contributed by atoms with van der Waals surface area (Å²) in [5.74, 6) is 0.945. The first-order valence-corrected chi connectivity index (χ1v) is 6.13. The summed E-state index contributed by atoms with van der Waals surface area (Å²) in [6.45, 7) is 5.71.